The van der Waals surface area contributed by atoms with Crippen LogP contribution < -0.4 is 20.1 Å². The average molecular weight is 447 g/mol. The molecule has 3 aromatic rings. The van der Waals surface area contributed by atoms with Crippen molar-refractivity contribution in [1.82, 2.24) is 5.32 Å². The third kappa shape index (κ3) is 6.93. The smallest absolute Gasteiger partial charge is 0.308 e. The molecule has 0 aliphatic carbocycles. The quantitative estimate of drug-likeness (QED) is 0.381. The van der Waals surface area contributed by atoms with E-state index in [1.54, 1.807) is 37.4 Å². The first-order chi connectivity index (χ1) is 16.0. The van der Waals surface area contributed by atoms with Gasteiger partial charge in [-0.2, -0.15) is 0 Å². The summed E-state index contributed by atoms with van der Waals surface area (Å²) in [5.41, 5.74) is 2.68. The molecule has 7 heteroatoms. The monoisotopic (exact) mass is 446 g/mol. The van der Waals surface area contributed by atoms with E-state index in [0.717, 1.165) is 16.9 Å². The standard InChI is InChI=1S/C26H26N2O5/c1-18(29)33-22-11-7-10-20(16-22)26(31)28-23-12-5-3-9-21(23)17-27-25(30)15-14-19-8-4-6-13-24(19)32-2/h3-13,16H,14-15,17H2,1-2H3,(H,27,30)(H,28,31). The minimum Gasteiger partial charge on any atom is -0.496 e. The molecule has 0 aliphatic heterocycles. The zero-order chi connectivity index (χ0) is 23.6. The average Bonchev–Trinajstić information content (AvgIpc) is 2.82. The summed E-state index contributed by atoms with van der Waals surface area (Å²) >= 11 is 0. The first kappa shape index (κ1) is 23.5. The molecule has 33 heavy (non-hydrogen) atoms. The molecule has 0 aromatic heterocycles. The van der Waals surface area contributed by atoms with E-state index in [9.17, 15) is 14.4 Å². The predicted octanol–water partition coefficient (Wildman–Crippen LogP) is 4.12. The molecule has 7 nitrogen and oxygen atoms in total. The van der Waals surface area contributed by atoms with Crippen molar-refractivity contribution in [3.8, 4) is 11.5 Å². The highest BCUT2D eigenvalue weighted by Crippen LogP contribution is 2.20. The molecule has 0 radical (unpaired) electrons. The van der Waals surface area contributed by atoms with Gasteiger partial charge in [0.1, 0.15) is 11.5 Å². The van der Waals surface area contributed by atoms with E-state index in [-0.39, 0.29) is 18.4 Å². The molecule has 2 amide bonds. The number of benzene rings is 3. The van der Waals surface area contributed by atoms with Crippen LogP contribution >= 0.6 is 0 Å². The Morgan fingerprint density at radius 1 is 0.879 bits per heavy atom. The molecule has 0 saturated heterocycles. The Balaban J connectivity index is 1.59. The molecular formula is C26H26N2O5. The number of carbonyl (C=O) groups excluding carboxylic acids is 3. The van der Waals surface area contributed by atoms with Crippen LogP contribution in [0.1, 0.15) is 34.8 Å². The fourth-order valence-corrected chi connectivity index (χ4v) is 3.30. The van der Waals surface area contributed by atoms with Gasteiger partial charge in [-0.05, 0) is 47.9 Å². The number of ether oxygens (including phenoxy) is 2. The predicted molar refractivity (Wildman–Crippen MR) is 125 cm³/mol. The van der Waals surface area contributed by atoms with E-state index in [2.05, 4.69) is 10.6 Å². The Morgan fingerprint density at radius 2 is 1.61 bits per heavy atom. The summed E-state index contributed by atoms with van der Waals surface area (Å²) in [6.45, 7) is 1.57. The molecule has 0 unspecified atom stereocenters. The SMILES string of the molecule is COc1ccccc1CCC(=O)NCc1ccccc1NC(=O)c1cccc(OC(C)=O)c1. The Hall–Kier alpha value is -4.13. The van der Waals surface area contributed by atoms with Crippen molar-refractivity contribution < 1.29 is 23.9 Å². The molecule has 2 N–H and O–H groups in total. The van der Waals surface area contributed by atoms with E-state index >= 15 is 0 Å². The number of amides is 2. The van der Waals surface area contributed by atoms with Crippen molar-refractivity contribution in [3.63, 3.8) is 0 Å². The number of esters is 1. The topological polar surface area (TPSA) is 93.7 Å². The van der Waals surface area contributed by atoms with Gasteiger partial charge in [-0.3, -0.25) is 14.4 Å². The molecule has 0 heterocycles. The van der Waals surface area contributed by atoms with Crippen LogP contribution in [-0.2, 0) is 22.6 Å². The molecule has 0 atom stereocenters. The lowest BCUT2D eigenvalue weighted by molar-refractivity contribution is -0.131. The van der Waals surface area contributed by atoms with Gasteiger partial charge in [-0.15, -0.1) is 0 Å². The molecule has 0 spiro atoms. The van der Waals surface area contributed by atoms with E-state index < -0.39 is 5.97 Å². The summed E-state index contributed by atoms with van der Waals surface area (Å²) in [5, 5.41) is 5.76. The van der Waals surface area contributed by atoms with Crippen LogP contribution in [0.5, 0.6) is 11.5 Å². The largest absolute Gasteiger partial charge is 0.496 e. The third-order valence-electron chi connectivity index (χ3n) is 4.91. The summed E-state index contributed by atoms with van der Waals surface area (Å²) in [4.78, 5) is 36.3. The van der Waals surface area contributed by atoms with Gasteiger partial charge in [0.25, 0.3) is 5.91 Å². The number of aryl methyl sites for hydroxylation is 1. The van der Waals surface area contributed by atoms with Crippen molar-refractivity contribution in [2.75, 3.05) is 12.4 Å². The summed E-state index contributed by atoms with van der Waals surface area (Å²) in [6.07, 6.45) is 0.880. The second kappa shape index (κ2) is 11.5. The molecule has 0 aliphatic rings. The molecule has 0 fully saturated rings. The number of rotatable bonds is 9. The minimum atomic E-state index is -0.459. The Kier molecular flexibility index (Phi) is 8.18. The molecule has 0 bridgehead atoms. The van der Waals surface area contributed by atoms with Gasteiger partial charge >= 0.3 is 5.97 Å². The normalized spacial score (nSPS) is 10.2. The minimum absolute atomic E-state index is 0.101. The summed E-state index contributed by atoms with van der Waals surface area (Å²) in [5.74, 6) is 0.149. The van der Waals surface area contributed by atoms with Crippen LogP contribution in [0.3, 0.4) is 0 Å². The van der Waals surface area contributed by atoms with Crippen molar-refractivity contribution in [3.05, 3.63) is 89.5 Å². The second-order valence-corrected chi connectivity index (χ2v) is 7.32. The maximum absolute atomic E-state index is 12.7. The first-order valence-electron chi connectivity index (χ1n) is 10.5. The van der Waals surface area contributed by atoms with Gasteiger partial charge in [0.05, 0.1) is 7.11 Å². The second-order valence-electron chi connectivity index (χ2n) is 7.32. The van der Waals surface area contributed by atoms with Crippen molar-refractivity contribution in [1.29, 1.82) is 0 Å². The summed E-state index contributed by atoms with van der Waals surface area (Å²) in [7, 11) is 1.61. The van der Waals surface area contributed by atoms with Crippen molar-refractivity contribution in [2.24, 2.45) is 0 Å². The van der Waals surface area contributed by atoms with Gasteiger partial charge in [0, 0.05) is 31.1 Å². The molecule has 3 rings (SSSR count). The molecule has 3 aromatic carbocycles. The number of anilines is 1. The Bertz CT molecular complexity index is 1140. The summed E-state index contributed by atoms with van der Waals surface area (Å²) < 4.78 is 10.4. The number of hydrogen-bond donors (Lipinski definition) is 2. The number of nitrogens with one attached hydrogen (secondary N) is 2. The highest BCUT2D eigenvalue weighted by Gasteiger charge is 2.12. The van der Waals surface area contributed by atoms with E-state index in [1.807, 2.05) is 36.4 Å². The van der Waals surface area contributed by atoms with E-state index in [4.69, 9.17) is 9.47 Å². The van der Waals surface area contributed by atoms with Crippen LogP contribution in [0.25, 0.3) is 0 Å². The van der Waals surface area contributed by atoms with Crippen LogP contribution in [-0.4, -0.2) is 24.9 Å². The zero-order valence-electron chi connectivity index (χ0n) is 18.6. The number of hydrogen-bond acceptors (Lipinski definition) is 5. The fourth-order valence-electron chi connectivity index (χ4n) is 3.30. The van der Waals surface area contributed by atoms with E-state index in [1.165, 1.54) is 13.0 Å². The Morgan fingerprint density at radius 3 is 2.36 bits per heavy atom. The highest BCUT2D eigenvalue weighted by molar-refractivity contribution is 6.05. The van der Waals surface area contributed by atoms with Gasteiger partial charge in [-0.1, -0.05) is 42.5 Å². The molecular weight excluding hydrogens is 420 g/mol. The first-order valence-corrected chi connectivity index (χ1v) is 10.5. The maximum Gasteiger partial charge on any atom is 0.308 e. The van der Waals surface area contributed by atoms with Crippen molar-refractivity contribution >= 4 is 23.5 Å². The van der Waals surface area contributed by atoms with Gasteiger partial charge in [0.2, 0.25) is 5.91 Å². The number of methoxy groups -OCH3 is 1. The number of carbonyl (C=O) groups is 3. The highest BCUT2D eigenvalue weighted by atomic mass is 16.5. The maximum atomic E-state index is 12.7. The van der Waals surface area contributed by atoms with Gasteiger partial charge in [0.15, 0.2) is 0 Å². The third-order valence-corrected chi connectivity index (χ3v) is 4.91. The lowest BCUT2D eigenvalue weighted by Gasteiger charge is -2.13. The molecule has 0 saturated carbocycles. The van der Waals surface area contributed by atoms with Crippen molar-refractivity contribution in [2.45, 2.75) is 26.3 Å². The molecule has 170 valence electrons. The summed E-state index contributed by atoms with van der Waals surface area (Å²) in [6, 6.07) is 21.2. The van der Waals surface area contributed by atoms with Gasteiger partial charge in [-0.25, -0.2) is 0 Å². The van der Waals surface area contributed by atoms with Crippen LogP contribution in [0.15, 0.2) is 72.8 Å². The van der Waals surface area contributed by atoms with Crippen LogP contribution in [0.2, 0.25) is 0 Å². The zero-order valence-corrected chi connectivity index (χ0v) is 18.6. The lowest BCUT2D eigenvalue weighted by atomic mass is 10.1. The Labute approximate surface area is 192 Å². The number of para-hydroxylation sites is 2. The fraction of sp³-hybridized carbons (Fsp3) is 0.192. The lowest BCUT2D eigenvalue weighted by Crippen LogP contribution is -2.24. The van der Waals surface area contributed by atoms with Crippen LogP contribution in [0, 0.1) is 0 Å². The van der Waals surface area contributed by atoms with Gasteiger partial charge < -0.3 is 20.1 Å². The van der Waals surface area contributed by atoms with Crippen LogP contribution in [0.4, 0.5) is 5.69 Å². The van der Waals surface area contributed by atoms with E-state index in [0.29, 0.717) is 29.8 Å².